The molecule has 224 valence electrons. The number of carbonyl (C=O) groups is 4. The van der Waals surface area contributed by atoms with Crippen LogP contribution in [0.1, 0.15) is 53.3 Å². The minimum absolute atomic E-state index is 0.00953. The van der Waals surface area contributed by atoms with Crippen LogP contribution in [-0.4, -0.2) is 108 Å². The van der Waals surface area contributed by atoms with Gasteiger partial charge in [-0.15, -0.1) is 16.9 Å². The van der Waals surface area contributed by atoms with Gasteiger partial charge in [0, 0.05) is 53.2 Å². The van der Waals surface area contributed by atoms with E-state index in [-0.39, 0.29) is 64.7 Å². The normalized spacial score (nSPS) is 30.4. The maximum atomic E-state index is 13.3. The number of nitrogens with two attached hydrogens (primary N) is 1. The summed E-state index contributed by atoms with van der Waals surface area (Å²) in [6, 6.07) is -1.21. The monoisotopic (exact) mass is 589 g/mol. The maximum Gasteiger partial charge on any atom is 0.353 e. The van der Waals surface area contributed by atoms with Gasteiger partial charge >= 0.3 is 5.97 Å². The number of nitrogens with zero attached hydrogens (tertiary/aromatic N) is 6. The Bertz CT molecular complexity index is 1280. The standard InChI is InChI=1S/C26H39N9O5S/c1-12-19-18(13(2)29-17(36)11-34-25(26(3,4)5)30-31-32-34)23(38)35(19)20(24(39)40)21(12)41-15-8-16(28-9-15)22(37)33-7-6-14(27)10-33/h12-16,18-19,28H,6-11,27H2,1-5H3,(H,29,36)(H,39,40)/t12-,13-,14+,15+,16+,18-,19-/m1/s1. The predicted octanol–water partition coefficient (Wildman–Crippen LogP) is -0.728. The molecule has 5 rings (SSSR count). The van der Waals surface area contributed by atoms with Gasteiger partial charge in [-0.1, -0.05) is 27.7 Å². The average Bonchev–Trinajstić information content (AvgIpc) is 3.66. The number of fused-ring (bicyclic) bond motifs is 1. The van der Waals surface area contributed by atoms with Crippen LogP contribution in [0, 0.1) is 11.8 Å². The molecule has 3 saturated heterocycles. The summed E-state index contributed by atoms with van der Waals surface area (Å²) < 4.78 is 1.44. The Hall–Kier alpha value is -3.04. The molecule has 5 heterocycles. The lowest BCUT2D eigenvalue weighted by Gasteiger charge is -2.47. The van der Waals surface area contributed by atoms with Gasteiger partial charge in [-0.05, 0) is 30.2 Å². The molecule has 3 fully saturated rings. The van der Waals surface area contributed by atoms with Crippen molar-refractivity contribution in [2.75, 3.05) is 19.6 Å². The number of aromatic nitrogens is 4. The molecule has 0 aromatic carbocycles. The van der Waals surface area contributed by atoms with Gasteiger partial charge in [-0.2, -0.15) is 0 Å². The second-order valence-electron chi connectivity index (χ2n) is 12.6. The summed E-state index contributed by atoms with van der Waals surface area (Å²) >= 11 is 1.44. The summed E-state index contributed by atoms with van der Waals surface area (Å²) in [6.07, 6.45) is 1.37. The minimum atomic E-state index is -1.15. The number of likely N-dealkylation sites (tertiary alicyclic amines) is 1. The van der Waals surface area contributed by atoms with Crippen molar-refractivity contribution in [2.45, 2.75) is 88.8 Å². The van der Waals surface area contributed by atoms with Crippen LogP contribution < -0.4 is 16.4 Å². The fraction of sp³-hybridized carbons (Fsp3) is 0.731. The molecule has 7 atom stereocenters. The molecule has 1 aromatic rings. The number of hydrogen-bond donors (Lipinski definition) is 4. The average molecular weight is 590 g/mol. The molecular weight excluding hydrogens is 550 g/mol. The highest BCUT2D eigenvalue weighted by atomic mass is 32.2. The summed E-state index contributed by atoms with van der Waals surface area (Å²) in [5.41, 5.74) is 5.62. The Labute approximate surface area is 242 Å². The molecular formula is C26H39N9O5S. The van der Waals surface area contributed by atoms with E-state index in [9.17, 15) is 24.3 Å². The number of rotatable bonds is 8. The lowest BCUT2D eigenvalue weighted by molar-refractivity contribution is -0.158. The van der Waals surface area contributed by atoms with Crippen molar-refractivity contribution in [3.05, 3.63) is 16.4 Å². The number of tetrazole rings is 1. The van der Waals surface area contributed by atoms with Crippen molar-refractivity contribution in [3.63, 3.8) is 0 Å². The van der Waals surface area contributed by atoms with Crippen molar-refractivity contribution >= 4 is 35.5 Å². The molecule has 0 saturated carbocycles. The first kappa shape index (κ1) is 29.5. The molecule has 5 N–H and O–H groups in total. The number of amides is 3. The highest BCUT2D eigenvalue weighted by Gasteiger charge is 2.60. The summed E-state index contributed by atoms with van der Waals surface area (Å²) in [5, 5.41) is 27.9. The first-order chi connectivity index (χ1) is 19.3. The number of nitrogens with one attached hydrogen (secondary N) is 2. The quantitative estimate of drug-likeness (QED) is 0.280. The molecule has 14 nitrogen and oxygen atoms in total. The molecule has 4 aliphatic heterocycles. The van der Waals surface area contributed by atoms with Crippen molar-refractivity contribution in [1.29, 1.82) is 0 Å². The van der Waals surface area contributed by atoms with Crippen molar-refractivity contribution in [1.82, 2.24) is 40.6 Å². The van der Waals surface area contributed by atoms with Crippen LogP contribution in [0.2, 0.25) is 0 Å². The van der Waals surface area contributed by atoms with Crippen LogP contribution in [-0.2, 0) is 31.1 Å². The van der Waals surface area contributed by atoms with E-state index in [1.807, 2.05) is 27.7 Å². The molecule has 1 aromatic heterocycles. The molecule has 0 aliphatic carbocycles. The van der Waals surface area contributed by atoms with Crippen LogP contribution in [0.5, 0.6) is 0 Å². The molecule has 0 radical (unpaired) electrons. The number of aliphatic carboxylic acids is 1. The first-order valence-electron chi connectivity index (χ1n) is 14.1. The second kappa shape index (κ2) is 11.0. The van der Waals surface area contributed by atoms with Crippen molar-refractivity contribution in [3.8, 4) is 0 Å². The van der Waals surface area contributed by atoms with E-state index < -0.39 is 17.9 Å². The third kappa shape index (κ3) is 5.46. The SMILES string of the molecule is C[C@@H](NC(=O)Cn1nnnc1C(C)(C)C)[C@H]1C(=O)N2C(C(=O)O)=C(S[C@@H]3CN[C@H](C(=O)N4CC[C@H](N)C4)C3)[C@H](C)[C@H]12. The van der Waals surface area contributed by atoms with Gasteiger partial charge in [0.15, 0.2) is 5.82 Å². The number of carboxylic acid groups (broad SMARTS) is 1. The largest absolute Gasteiger partial charge is 0.477 e. The van der Waals surface area contributed by atoms with Crippen LogP contribution >= 0.6 is 11.8 Å². The maximum absolute atomic E-state index is 13.3. The fourth-order valence-electron chi connectivity index (χ4n) is 6.44. The van der Waals surface area contributed by atoms with E-state index in [4.69, 9.17) is 5.73 Å². The summed E-state index contributed by atoms with van der Waals surface area (Å²) in [6.45, 7) is 11.2. The van der Waals surface area contributed by atoms with Crippen LogP contribution in [0.3, 0.4) is 0 Å². The Morgan fingerprint density at radius 2 is 2.02 bits per heavy atom. The fourth-order valence-corrected chi connectivity index (χ4v) is 7.92. The Morgan fingerprint density at radius 1 is 1.29 bits per heavy atom. The van der Waals surface area contributed by atoms with E-state index in [0.717, 1.165) is 6.42 Å². The van der Waals surface area contributed by atoms with Crippen LogP contribution in [0.4, 0.5) is 0 Å². The molecule has 15 heteroatoms. The molecule has 4 aliphatic rings. The Morgan fingerprint density at radius 3 is 2.66 bits per heavy atom. The molecule has 0 spiro atoms. The summed E-state index contributed by atoms with van der Waals surface area (Å²) in [7, 11) is 0. The number of carbonyl (C=O) groups excluding carboxylic acids is 3. The Kier molecular flexibility index (Phi) is 7.89. The van der Waals surface area contributed by atoms with Gasteiger partial charge in [-0.3, -0.25) is 14.4 Å². The predicted molar refractivity (Wildman–Crippen MR) is 149 cm³/mol. The van der Waals surface area contributed by atoms with Gasteiger partial charge in [0.2, 0.25) is 17.7 Å². The minimum Gasteiger partial charge on any atom is -0.477 e. The number of carboxylic acids is 1. The lowest BCUT2D eigenvalue weighted by Crippen LogP contribution is -2.66. The van der Waals surface area contributed by atoms with E-state index in [0.29, 0.717) is 36.8 Å². The second-order valence-corrected chi connectivity index (χ2v) is 13.9. The van der Waals surface area contributed by atoms with E-state index in [1.54, 1.807) is 11.8 Å². The number of hydrogen-bond acceptors (Lipinski definition) is 10. The van der Waals surface area contributed by atoms with Crippen molar-refractivity contribution in [2.24, 2.45) is 17.6 Å². The van der Waals surface area contributed by atoms with Crippen LogP contribution in [0.25, 0.3) is 0 Å². The van der Waals surface area contributed by atoms with Gasteiger partial charge in [0.25, 0.3) is 0 Å². The summed E-state index contributed by atoms with van der Waals surface area (Å²) in [5.74, 6) is -1.99. The third-order valence-electron chi connectivity index (χ3n) is 8.43. The van der Waals surface area contributed by atoms with Gasteiger partial charge in [-0.25, -0.2) is 9.48 Å². The Balaban J connectivity index is 1.23. The molecule has 0 bridgehead atoms. The zero-order chi connectivity index (χ0) is 29.8. The molecule has 0 unspecified atom stereocenters. The van der Waals surface area contributed by atoms with Crippen molar-refractivity contribution < 1.29 is 24.3 Å². The number of β-lactam (4-membered cyclic amide) rings is 1. The van der Waals surface area contributed by atoms with Gasteiger partial charge < -0.3 is 31.3 Å². The van der Waals surface area contributed by atoms with E-state index >= 15 is 0 Å². The highest BCUT2D eigenvalue weighted by molar-refractivity contribution is 8.03. The van der Waals surface area contributed by atoms with E-state index in [1.165, 1.54) is 21.3 Å². The van der Waals surface area contributed by atoms with Crippen LogP contribution in [0.15, 0.2) is 10.6 Å². The smallest absolute Gasteiger partial charge is 0.353 e. The zero-order valence-corrected chi connectivity index (χ0v) is 24.8. The lowest BCUT2D eigenvalue weighted by atomic mass is 9.78. The van der Waals surface area contributed by atoms with Gasteiger partial charge in [0.05, 0.1) is 18.0 Å². The van der Waals surface area contributed by atoms with E-state index in [2.05, 4.69) is 26.2 Å². The highest BCUT2D eigenvalue weighted by Crippen LogP contribution is 2.51. The summed E-state index contributed by atoms with van der Waals surface area (Å²) in [4.78, 5) is 55.3. The number of thioether (sulfide) groups is 1. The molecule has 41 heavy (non-hydrogen) atoms. The topological polar surface area (TPSA) is 189 Å². The first-order valence-corrected chi connectivity index (χ1v) is 15.0. The zero-order valence-electron chi connectivity index (χ0n) is 24.0. The van der Waals surface area contributed by atoms with Gasteiger partial charge in [0.1, 0.15) is 12.2 Å². The third-order valence-corrected chi connectivity index (χ3v) is 9.94. The molecule has 3 amide bonds.